The van der Waals surface area contributed by atoms with Crippen LogP contribution in [-0.4, -0.2) is 19.1 Å². The van der Waals surface area contributed by atoms with Gasteiger partial charge in [0, 0.05) is 17.8 Å². The molecule has 31 heavy (non-hydrogen) atoms. The number of anilines is 1. The first-order chi connectivity index (χ1) is 14.9. The maximum Gasteiger partial charge on any atom is 0.249 e. The molecule has 0 atom stereocenters. The summed E-state index contributed by atoms with van der Waals surface area (Å²) in [7, 11) is 0. The highest BCUT2D eigenvalue weighted by molar-refractivity contribution is 6.06. The first-order valence-corrected chi connectivity index (χ1v) is 10.5. The molecule has 3 aromatic carbocycles. The minimum Gasteiger partial charge on any atom is -0.486 e. The number of hydrogen-bond donors (Lipinski definition) is 1. The highest BCUT2D eigenvalue weighted by Gasteiger charge is 2.15. The molecule has 0 saturated heterocycles. The number of carbonyl (C=O) groups is 1. The molecule has 0 aliphatic carbocycles. The summed E-state index contributed by atoms with van der Waals surface area (Å²) < 4.78 is 11.2. The summed E-state index contributed by atoms with van der Waals surface area (Å²) in [5.41, 5.74) is 4.85. The zero-order valence-electron chi connectivity index (χ0n) is 18.1. The Morgan fingerprint density at radius 3 is 2.16 bits per heavy atom. The van der Waals surface area contributed by atoms with Gasteiger partial charge in [-0.25, -0.2) is 0 Å². The number of amides is 1. The third-order valence-corrected chi connectivity index (χ3v) is 5.23. The molecule has 4 nitrogen and oxygen atoms in total. The van der Waals surface area contributed by atoms with E-state index in [-0.39, 0.29) is 11.3 Å². The smallest absolute Gasteiger partial charge is 0.249 e. The van der Waals surface area contributed by atoms with Crippen molar-refractivity contribution in [1.29, 1.82) is 0 Å². The average Bonchev–Trinajstić information content (AvgIpc) is 2.77. The van der Waals surface area contributed by atoms with Crippen LogP contribution in [0.25, 0.3) is 5.57 Å². The van der Waals surface area contributed by atoms with Crippen molar-refractivity contribution in [1.82, 2.24) is 0 Å². The van der Waals surface area contributed by atoms with Crippen molar-refractivity contribution in [2.24, 2.45) is 0 Å². The Kier molecular flexibility index (Phi) is 5.81. The van der Waals surface area contributed by atoms with Crippen LogP contribution in [0.1, 0.15) is 37.5 Å². The fourth-order valence-electron chi connectivity index (χ4n) is 3.53. The number of ether oxygens (including phenoxy) is 2. The Morgan fingerprint density at radius 1 is 0.839 bits per heavy atom. The Balaban J connectivity index is 1.63. The first kappa shape index (κ1) is 20.7. The standard InChI is InChI=1S/C27H27NO3/c1-27(2,3)21-11-9-20(10-12-21)23(19-7-5-4-6-8-19)18-26(29)28-22-13-14-24-25(17-22)31-16-15-30-24/h4-14,17-18H,15-16H2,1-3H3,(H,28,29)/b23-18-. The van der Waals surface area contributed by atoms with Crippen molar-refractivity contribution in [2.75, 3.05) is 18.5 Å². The summed E-state index contributed by atoms with van der Waals surface area (Å²) in [5.74, 6) is 1.15. The molecule has 0 fully saturated rings. The zero-order valence-corrected chi connectivity index (χ0v) is 18.1. The van der Waals surface area contributed by atoms with Gasteiger partial charge in [0.05, 0.1) is 0 Å². The molecule has 0 aromatic heterocycles. The van der Waals surface area contributed by atoms with Crippen molar-refractivity contribution in [3.05, 3.63) is 95.6 Å². The molecule has 3 aromatic rings. The van der Waals surface area contributed by atoms with Crippen molar-refractivity contribution < 1.29 is 14.3 Å². The molecule has 4 heteroatoms. The highest BCUT2D eigenvalue weighted by Crippen LogP contribution is 2.33. The van der Waals surface area contributed by atoms with Gasteiger partial charge in [-0.05, 0) is 39.8 Å². The summed E-state index contributed by atoms with van der Waals surface area (Å²) in [6, 6.07) is 23.8. The lowest BCUT2D eigenvalue weighted by Gasteiger charge is -2.20. The van der Waals surface area contributed by atoms with Crippen LogP contribution in [0.5, 0.6) is 11.5 Å². The number of benzene rings is 3. The van der Waals surface area contributed by atoms with Crippen molar-refractivity contribution >= 4 is 17.2 Å². The van der Waals surface area contributed by atoms with E-state index in [1.807, 2.05) is 42.5 Å². The van der Waals surface area contributed by atoms with Gasteiger partial charge < -0.3 is 14.8 Å². The number of hydrogen-bond acceptors (Lipinski definition) is 3. The Morgan fingerprint density at radius 2 is 1.48 bits per heavy atom. The normalized spacial score (nSPS) is 13.6. The van der Waals surface area contributed by atoms with Gasteiger partial charge in [0.2, 0.25) is 5.91 Å². The molecule has 4 rings (SSSR count). The van der Waals surface area contributed by atoms with Gasteiger partial charge >= 0.3 is 0 Å². The van der Waals surface area contributed by atoms with Crippen LogP contribution in [0.2, 0.25) is 0 Å². The van der Waals surface area contributed by atoms with Gasteiger partial charge in [-0.1, -0.05) is 75.4 Å². The first-order valence-electron chi connectivity index (χ1n) is 10.5. The van der Waals surface area contributed by atoms with Crippen molar-refractivity contribution in [3.63, 3.8) is 0 Å². The van der Waals surface area contributed by atoms with E-state index in [2.05, 4.69) is 50.4 Å². The molecule has 0 saturated carbocycles. The second-order valence-electron chi connectivity index (χ2n) is 8.60. The monoisotopic (exact) mass is 413 g/mol. The van der Waals surface area contributed by atoms with E-state index in [1.165, 1.54) is 5.56 Å². The molecule has 0 radical (unpaired) electrons. The maximum atomic E-state index is 12.9. The van der Waals surface area contributed by atoms with Gasteiger partial charge in [-0.15, -0.1) is 0 Å². The van der Waals surface area contributed by atoms with E-state index < -0.39 is 0 Å². The molecule has 1 N–H and O–H groups in total. The predicted octanol–water partition coefficient (Wildman–Crippen LogP) is 5.83. The lowest BCUT2D eigenvalue weighted by atomic mass is 9.85. The number of rotatable bonds is 4. The number of nitrogens with one attached hydrogen (secondary N) is 1. The third-order valence-electron chi connectivity index (χ3n) is 5.23. The lowest BCUT2D eigenvalue weighted by Crippen LogP contribution is -2.16. The van der Waals surface area contributed by atoms with Crippen LogP contribution in [0.3, 0.4) is 0 Å². The van der Waals surface area contributed by atoms with E-state index in [1.54, 1.807) is 12.1 Å². The lowest BCUT2D eigenvalue weighted by molar-refractivity contribution is -0.111. The van der Waals surface area contributed by atoms with E-state index in [9.17, 15) is 4.79 Å². The summed E-state index contributed by atoms with van der Waals surface area (Å²) in [6.07, 6.45) is 1.65. The molecular weight excluding hydrogens is 386 g/mol. The largest absolute Gasteiger partial charge is 0.486 e. The molecule has 1 amide bonds. The van der Waals surface area contributed by atoms with Gasteiger partial charge in [0.15, 0.2) is 11.5 Å². The molecule has 0 spiro atoms. The van der Waals surface area contributed by atoms with Crippen molar-refractivity contribution in [3.8, 4) is 11.5 Å². The fraction of sp³-hybridized carbons (Fsp3) is 0.222. The molecular formula is C27H27NO3. The molecule has 1 heterocycles. The quantitative estimate of drug-likeness (QED) is 0.548. The van der Waals surface area contributed by atoms with Gasteiger partial charge in [0.25, 0.3) is 0 Å². The Bertz CT molecular complexity index is 1090. The summed E-state index contributed by atoms with van der Waals surface area (Å²) in [4.78, 5) is 12.9. The predicted molar refractivity (Wildman–Crippen MR) is 125 cm³/mol. The third kappa shape index (κ3) is 4.97. The van der Waals surface area contributed by atoms with Gasteiger partial charge in [-0.3, -0.25) is 4.79 Å². The molecule has 1 aliphatic heterocycles. The minimum absolute atomic E-state index is 0.0742. The van der Waals surface area contributed by atoms with Gasteiger partial charge in [0.1, 0.15) is 13.2 Å². The number of fused-ring (bicyclic) bond motifs is 1. The summed E-state index contributed by atoms with van der Waals surface area (Å²) in [6.45, 7) is 7.62. The van der Waals surface area contributed by atoms with E-state index in [0.29, 0.717) is 30.4 Å². The molecule has 158 valence electrons. The summed E-state index contributed by atoms with van der Waals surface area (Å²) >= 11 is 0. The van der Waals surface area contributed by atoms with Crippen LogP contribution in [-0.2, 0) is 10.2 Å². The molecule has 0 bridgehead atoms. The second kappa shape index (κ2) is 8.68. The van der Waals surface area contributed by atoms with Gasteiger partial charge in [-0.2, -0.15) is 0 Å². The van der Waals surface area contributed by atoms with Crippen LogP contribution >= 0.6 is 0 Å². The van der Waals surface area contributed by atoms with Crippen molar-refractivity contribution in [2.45, 2.75) is 26.2 Å². The molecule has 1 aliphatic rings. The average molecular weight is 414 g/mol. The number of carbonyl (C=O) groups excluding carboxylic acids is 1. The van der Waals surface area contributed by atoms with Crippen LogP contribution in [0.4, 0.5) is 5.69 Å². The highest BCUT2D eigenvalue weighted by atomic mass is 16.6. The van der Waals surface area contributed by atoms with E-state index >= 15 is 0 Å². The Hall–Kier alpha value is -3.53. The van der Waals surface area contributed by atoms with Crippen LogP contribution in [0.15, 0.2) is 78.9 Å². The maximum absolute atomic E-state index is 12.9. The fourth-order valence-corrected chi connectivity index (χ4v) is 3.53. The Labute approximate surface area is 183 Å². The summed E-state index contributed by atoms with van der Waals surface area (Å²) in [5, 5.41) is 2.95. The van der Waals surface area contributed by atoms with Crippen LogP contribution in [0, 0.1) is 0 Å². The van der Waals surface area contributed by atoms with E-state index in [4.69, 9.17) is 9.47 Å². The van der Waals surface area contributed by atoms with Crippen LogP contribution < -0.4 is 14.8 Å². The second-order valence-corrected chi connectivity index (χ2v) is 8.60. The molecule has 0 unspecified atom stereocenters. The SMILES string of the molecule is CC(C)(C)c1ccc(/C(=C\C(=O)Nc2ccc3c(c2)OCCO3)c2ccccc2)cc1. The zero-order chi connectivity index (χ0) is 21.8. The van der Waals surface area contributed by atoms with E-state index in [0.717, 1.165) is 16.7 Å². The topological polar surface area (TPSA) is 47.6 Å². The minimum atomic E-state index is -0.199.